The molecule has 31 heavy (non-hydrogen) atoms. The fourth-order valence-corrected chi connectivity index (χ4v) is 4.26. The number of carboxylic acid groups (broad SMARTS) is 1. The first kappa shape index (κ1) is 21.5. The van der Waals surface area contributed by atoms with E-state index in [1.807, 2.05) is 20.8 Å². The lowest BCUT2D eigenvalue weighted by Crippen LogP contribution is -2.38. The Kier molecular flexibility index (Phi) is 5.60. The number of nitrogens with one attached hydrogen (secondary N) is 2. The van der Waals surface area contributed by atoms with Crippen LogP contribution in [0.3, 0.4) is 0 Å². The molecule has 1 fully saturated rings. The van der Waals surface area contributed by atoms with Crippen LogP contribution in [0.2, 0.25) is 5.02 Å². The lowest BCUT2D eigenvalue weighted by Gasteiger charge is -2.30. The molecule has 7 nitrogen and oxygen atoms in total. The van der Waals surface area contributed by atoms with Gasteiger partial charge in [-0.25, -0.2) is 19.3 Å². The Morgan fingerprint density at radius 3 is 2.74 bits per heavy atom. The Balaban J connectivity index is 1.83. The highest BCUT2D eigenvalue weighted by molar-refractivity contribution is 6.31. The van der Waals surface area contributed by atoms with E-state index in [4.69, 9.17) is 11.6 Å². The van der Waals surface area contributed by atoms with Crippen molar-refractivity contribution in [1.82, 2.24) is 19.9 Å². The van der Waals surface area contributed by atoms with Crippen LogP contribution in [0.25, 0.3) is 22.4 Å². The molecule has 0 aromatic carbocycles. The number of nitrogens with zero attached hydrogens (tertiary/aromatic N) is 3. The maximum Gasteiger partial charge on any atom is 0.308 e. The Morgan fingerprint density at radius 1 is 1.29 bits per heavy atom. The van der Waals surface area contributed by atoms with Crippen molar-refractivity contribution in [3.63, 3.8) is 0 Å². The molecule has 3 aromatic rings. The summed E-state index contributed by atoms with van der Waals surface area (Å²) in [5.41, 5.74) is 0.945. The minimum Gasteiger partial charge on any atom is -0.481 e. The predicted octanol–water partition coefficient (Wildman–Crippen LogP) is 5.17. The summed E-state index contributed by atoms with van der Waals surface area (Å²) in [4.78, 5) is 28.1. The van der Waals surface area contributed by atoms with Crippen molar-refractivity contribution in [2.45, 2.75) is 57.9 Å². The highest BCUT2D eigenvalue weighted by atomic mass is 35.5. The molecular weight excluding hydrogens is 421 g/mol. The van der Waals surface area contributed by atoms with Crippen LogP contribution in [0.15, 0.2) is 18.5 Å². The van der Waals surface area contributed by atoms with Gasteiger partial charge in [-0.2, -0.15) is 0 Å². The Bertz CT molecular complexity index is 1140. The van der Waals surface area contributed by atoms with E-state index in [0.29, 0.717) is 34.9 Å². The molecule has 1 saturated carbocycles. The Morgan fingerprint density at radius 2 is 2.03 bits per heavy atom. The number of hydrogen-bond acceptors (Lipinski definition) is 5. The second-order valence-corrected chi connectivity index (χ2v) is 9.48. The van der Waals surface area contributed by atoms with Gasteiger partial charge in [-0.15, -0.1) is 0 Å². The van der Waals surface area contributed by atoms with Gasteiger partial charge < -0.3 is 15.4 Å². The zero-order valence-electron chi connectivity index (χ0n) is 17.7. The van der Waals surface area contributed by atoms with Crippen molar-refractivity contribution in [3.8, 4) is 11.4 Å². The summed E-state index contributed by atoms with van der Waals surface area (Å²) >= 11 is 6.12. The number of H-pyrrole nitrogens is 1. The third kappa shape index (κ3) is 4.21. The zero-order valence-corrected chi connectivity index (χ0v) is 18.4. The molecule has 3 N–H and O–H groups in total. The molecule has 0 aliphatic heterocycles. The molecule has 3 heterocycles. The van der Waals surface area contributed by atoms with E-state index in [1.165, 1.54) is 0 Å². The molecule has 3 aromatic heterocycles. The van der Waals surface area contributed by atoms with E-state index in [-0.39, 0.29) is 11.5 Å². The molecule has 4 rings (SSSR count). The Labute approximate surface area is 184 Å². The van der Waals surface area contributed by atoms with Gasteiger partial charge in [0.2, 0.25) is 0 Å². The zero-order chi connectivity index (χ0) is 22.3. The van der Waals surface area contributed by atoms with Crippen LogP contribution in [0.5, 0.6) is 0 Å². The number of fused-ring (bicyclic) bond motifs is 1. The smallest absolute Gasteiger partial charge is 0.308 e. The molecule has 1 aliphatic rings. The van der Waals surface area contributed by atoms with Crippen LogP contribution < -0.4 is 5.32 Å². The molecular formula is C22H25ClFN5O2. The average molecular weight is 446 g/mol. The first-order chi connectivity index (χ1) is 14.6. The lowest BCUT2D eigenvalue weighted by atomic mass is 9.84. The van der Waals surface area contributed by atoms with Crippen molar-refractivity contribution in [1.29, 1.82) is 0 Å². The standard InChI is InChI=1S/C22H25ClFN5O2/c1-22(2,3)17-16(24)20(27-15-7-5-4-6-12(15)21(30)31)29-19(28-17)14-10-26-18-13(14)8-11(23)9-25-18/h8-10,12,15H,4-7H2,1-3H3,(H,25,26)(H,30,31)(H,27,28,29)/t12-,15-/m0/s1. The third-order valence-electron chi connectivity index (χ3n) is 5.71. The number of halogens is 2. The number of hydrogen-bond donors (Lipinski definition) is 3. The topological polar surface area (TPSA) is 104 Å². The van der Waals surface area contributed by atoms with E-state index >= 15 is 4.39 Å². The highest BCUT2D eigenvalue weighted by Crippen LogP contribution is 2.34. The molecule has 0 spiro atoms. The minimum atomic E-state index is -0.875. The highest BCUT2D eigenvalue weighted by Gasteiger charge is 2.33. The predicted molar refractivity (Wildman–Crippen MR) is 118 cm³/mol. The molecule has 0 unspecified atom stereocenters. The molecule has 0 saturated heterocycles. The van der Waals surface area contributed by atoms with Crippen LogP contribution in [-0.4, -0.2) is 37.1 Å². The maximum absolute atomic E-state index is 15.5. The van der Waals surface area contributed by atoms with Crippen molar-refractivity contribution >= 4 is 34.4 Å². The second-order valence-electron chi connectivity index (χ2n) is 9.04. The summed E-state index contributed by atoms with van der Waals surface area (Å²) in [7, 11) is 0. The summed E-state index contributed by atoms with van der Waals surface area (Å²) in [6.45, 7) is 5.63. The molecule has 164 valence electrons. The summed E-state index contributed by atoms with van der Waals surface area (Å²) in [6, 6.07) is 1.36. The van der Waals surface area contributed by atoms with Crippen LogP contribution in [-0.2, 0) is 10.2 Å². The van der Waals surface area contributed by atoms with Gasteiger partial charge >= 0.3 is 5.97 Å². The minimum absolute atomic E-state index is 0.0254. The SMILES string of the molecule is CC(C)(C)c1nc(-c2c[nH]c3ncc(Cl)cc23)nc(N[C@H]2CCCC[C@@H]2C(=O)O)c1F. The number of carboxylic acids is 1. The lowest BCUT2D eigenvalue weighted by molar-refractivity contribution is -0.143. The summed E-state index contributed by atoms with van der Waals surface area (Å²) in [6.07, 6.45) is 6.21. The number of rotatable bonds is 4. The van der Waals surface area contributed by atoms with Gasteiger partial charge in [0, 0.05) is 34.8 Å². The maximum atomic E-state index is 15.5. The largest absolute Gasteiger partial charge is 0.481 e. The number of carbonyl (C=O) groups is 1. The third-order valence-corrected chi connectivity index (χ3v) is 5.91. The van der Waals surface area contributed by atoms with Gasteiger partial charge in [-0.3, -0.25) is 4.79 Å². The fraction of sp³-hybridized carbons (Fsp3) is 0.455. The number of aromatic nitrogens is 4. The molecule has 2 atom stereocenters. The van der Waals surface area contributed by atoms with E-state index in [1.54, 1.807) is 18.5 Å². The van der Waals surface area contributed by atoms with E-state index in [0.717, 1.165) is 18.2 Å². The summed E-state index contributed by atoms with van der Waals surface area (Å²) in [5, 5.41) is 13.9. The van der Waals surface area contributed by atoms with Gasteiger partial charge in [0.25, 0.3) is 0 Å². The average Bonchev–Trinajstić information content (AvgIpc) is 3.12. The quantitative estimate of drug-likeness (QED) is 0.512. The van der Waals surface area contributed by atoms with Gasteiger partial charge in [0.15, 0.2) is 17.5 Å². The summed E-state index contributed by atoms with van der Waals surface area (Å²) in [5.74, 6) is -1.66. The van der Waals surface area contributed by atoms with Crippen molar-refractivity contribution in [3.05, 3.63) is 35.0 Å². The second kappa shape index (κ2) is 8.07. The van der Waals surface area contributed by atoms with Gasteiger partial charge in [-0.05, 0) is 18.9 Å². The summed E-state index contributed by atoms with van der Waals surface area (Å²) < 4.78 is 15.5. The Hall–Kier alpha value is -2.74. The van der Waals surface area contributed by atoms with Gasteiger partial charge in [0.05, 0.1) is 16.6 Å². The molecule has 0 bridgehead atoms. The van der Waals surface area contributed by atoms with Crippen LogP contribution in [0, 0.1) is 11.7 Å². The monoisotopic (exact) mass is 445 g/mol. The normalized spacial score (nSPS) is 19.5. The molecule has 0 amide bonds. The number of aromatic amines is 1. The van der Waals surface area contributed by atoms with E-state index in [2.05, 4.69) is 25.3 Å². The first-order valence-corrected chi connectivity index (χ1v) is 10.7. The van der Waals surface area contributed by atoms with E-state index < -0.39 is 29.2 Å². The van der Waals surface area contributed by atoms with Crippen LogP contribution >= 0.6 is 11.6 Å². The van der Waals surface area contributed by atoms with Crippen molar-refractivity contribution in [2.24, 2.45) is 5.92 Å². The first-order valence-electron chi connectivity index (χ1n) is 10.4. The molecule has 1 aliphatic carbocycles. The van der Waals surface area contributed by atoms with Gasteiger partial charge in [0.1, 0.15) is 5.65 Å². The number of pyridine rings is 1. The number of anilines is 1. The fourth-order valence-electron chi connectivity index (χ4n) is 4.10. The molecule has 0 radical (unpaired) electrons. The van der Waals surface area contributed by atoms with Crippen LogP contribution in [0.4, 0.5) is 10.2 Å². The van der Waals surface area contributed by atoms with Gasteiger partial charge in [-0.1, -0.05) is 45.2 Å². The number of aliphatic carboxylic acids is 1. The van der Waals surface area contributed by atoms with Crippen molar-refractivity contribution in [2.75, 3.05) is 5.32 Å². The van der Waals surface area contributed by atoms with Crippen molar-refractivity contribution < 1.29 is 14.3 Å². The molecule has 9 heteroatoms. The van der Waals surface area contributed by atoms with Crippen LogP contribution in [0.1, 0.15) is 52.1 Å². The van der Waals surface area contributed by atoms with E-state index in [9.17, 15) is 9.90 Å².